The number of nitrogens with one attached hydrogen (secondary N) is 1. The molecule has 112 valence electrons. The number of benzene rings is 2. The maximum Gasteiger partial charge on any atom is 0.248 e. The Labute approximate surface area is 138 Å². The van der Waals surface area contributed by atoms with Gasteiger partial charge in [0.25, 0.3) is 0 Å². The summed E-state index contributed by atoms with van der Waals surface area (Å²) in [6.45, 7) is 1.47. The lowest BCUT2D eigenvalue weighted by Crippen LogP contribution is -2.08. The van der Waals surface area contributed by atoms with Crippen molar-refractivity contribution in [3.63, 3.8) is 0 Å². The number of ketones is 1. The molecule has 0 radical (unpaired) electrons. The Hall–Kier alpha value is -2.10. The van der Waals surface area contributed by atoms with Crippen LogP contribution in [0.2, 0.25) is 10.0 Å². The van der Waals surface area contributed by atoms with Crippen LogP contribution in [0.3, 0.4) is 0 Å². The molecular weight excluding hydrogens is 321 g/mol. The van der Waals surface area contributed by atoms with Crippen LogP contribution in [0.4, 0.5) is 5.69 Å². The van der Waals surface area contributed by atoms with Gasteiger partial charge in [-0.2, -0.15) is 0 Å². The summed E-state index contributed by atoms with van der Waals surface area (Å²) in [7, 11) is 0. The van der Waals surface area contributed by atoms with E-state index in [4.69, 9.17) is 23.2 Å². The molecule has 3 nitrogen and oxygen atoms in total. The molecule has 0 atom stereocenters. The molecule has 0 saturated heterocycles. The largest absolute Gasteiger partial charge is 0.322 e. The smallest absolute Gasteiger partial charge is 0.248 e. The lowest BCUT2D eigenvalue weighted by Gasteiger charge is -2.04. The number of halogens is 2. The summed E-state index contributed by atoms with van der Waals surface area (Å²) in [6.07, 6.45) is 2.89. The van der Waals surface area contributed by atoms with Gasteiger partial charge in [-0.1, -0.05) is 41.4 Å². The summed E-state index contributed by atoms with van der Waals surface area (Å²) in [5.74, 6) is -0.397. The molecule has 0 heterocycles. The first-order valence-corrected chi connectivity index (χ1v) is 7.27. The van der Waals surface area contributed by atoms with E-state index in [0.29, 0.717) is 26.9 Å². The highest BCUT2D eigenvalue weighted by Crippen LogP contribution is 2.25. The average Bonchev–Trinajstić information content (AvgIpc) is 2.47. The second-order valence-corrected chi connectivity index (χ2v) is 5.41. The zero-order chi connectivity index (χ0) is 16.1. The minimum atomic E-state index is -0.336. The van der Waals surface area contributed by atoms with Gasteiger partial charge in [0, 0.05) is 32.9 Å². The van der Waals surface area contributed by atoms with Crippen molar-refractivity contribution in [3.05, 3.63) is 69.7 Å². The Balaban J connectivity index is 2.12. The first-order chi connectivity index (χ1) is 10.5. The number of hydrogen-bond acceptors (Lipinski definition) is 2. The van der Waals surface area contributed by atoms with Crippen molar-refractivity contribution in [2.45, 2.75) is 6.92 Å². The van der Waals surface area contributed by atoms with Gasteiger partial charge in [-0.3, -0.25) is 9.59 Å². The summed E-state index contributed by atoms with van der Waals surface area (Å²) in [5.41, 5.74) is 1.67. The molecule has 0 aromatic heterocycles. The summed E-state index contributed by atoms with van der Waals surface area (Å²) in [6, 6.07) is 11.9. The molecule has 0 spiro atoms. The second kappa shape index (κ2) is 7.25. The first kappa shape index (κ1) is 16.3. The fourth-order valence-corrected chi connectivity index (χ4v) is 2.35. The fourth-order valence-electron chi connectivity index (χ4n) is 1.83. The number of hydrogen-bond donors (Lipinski definition) is 1. The number of rotatable bonds is 4. The molecule has 0 aliphatic rings. The van der Waals surface area contributed by atoms with Crippen LogP contribution in [0.5, 0.6) is 0 Å². The number of carbonyl (C=O) groups excluding carboxylic acids is 2. The van der Waals surface area contributed by atoms with Crippen molar-refractivity contribution in [1.29, 1.82) is 0 Å². The standard InChI is InChI=1S/C17H13Cl2NO2/c1-11(21)12-4-2-5-13(10-12)20-17(22)9-8-14-15(18)6-3-7-16(14)19/h2-10H,1H3,(H,20,22). The summed E-state index contributed by atoms with van der Waals surface area (Å²) in [5, 5.41) is 3.62. The molecule has 0 saturated carbocycles. The Morgan fingerprint density at radius 3 is 2.32 bits per heavy atom. The molecular formula is C17H13Cl2NO2. The Kier molecular flexibility index (Phi) is 5.36. The van der Waals surface area contributed by atoms with Crippen molar-refractivity contribution in [3.8, 4) is 0 Å². The van der Waals surface area contributed by atoms with Crippen LogP contribution in [-0.2, 0) is 4.79 Å². The van der Waals surface area contributed by atoms with Gasteiger partial charge in [0.05, 0.1) is 0 Å². The fraction of sp³-hybridized carbons (Fsp3) is 0.0588. The summed E-state index contributed by atoms with van der Waals surface area (Å²) < 4.78 is 0. The molecule has 0 unspecified atom stereocenters. The topological polar surface area (TPSA) is 46.2 Å². The van der Waals surface area contributed by atoms with Crippen molar-refractivity contribution in [2.24, 2.45) is 0 Å². The molecule has 22 heavy (non-hydrogen) atoms. The van der Waals surface area contributed by atoms with Crippen LogP contribution in [0.1, 0.15) is 22.8 Å². The van der Waals surface area contributed by atoms with Gasteiger partial charge in [-0.15, -0.1) is 0 Å². The summed E-state index contributed by atoms with van der Waals surface area (Å²) in [4.78, 5) is 23.2. The monoisotopic (exact) mass is 333 g/mol. The van der Waals surface area contributed by atoms with Crippen LogP contribution in [-0.4, -0.2) is 11.7 Å². The van der Waals surface area contributed by atoms with Gasteiger partial charge in [0.1, 0.15) is 0 Å². The van der Waals surface area contributed by atoms with Gasteiger partial charge < -0.3 is 5.32 Å². The molecule has 2 aromatic rings. The number of Topliss-reactive ketones (excluding diaryl/α,β-unsaturated/α-hetero) is 1. The highest BCUT2D eigenvalue weighted by Gasteiger charge is 2.04. The first-order valence-electron chi connectivity index (χ1n) is 6.51. The maximum atomic E-state index is 11.9. The van der Waals surface area contributed by atoms with Gasteiger partial charge in [-0.25, -0.2) is 0 Å². The van der Waals surface area contributed by atoms with Crippen molar-refractivity contribution < 1.29 is 9.59 Å². The van der Waals surface area contributed by atoms with Crippen molar-refractivity contribution in [1.82, 2.24) is 0 Å². The minimum Gasteiger partial charge on any atom is -0.322 e. The Morgan fingerprint density at radius 2 is 1.68 bits per heavy atom. The zero-order valence-electron chi connectivity index (χ0n) is 11.8. The van der Waals surface area contributed by atoms with Crippen LogP contribution >= 0.6 is 23.2 Å². The number of anilines is 1. The van der Waals surface area contributed by atoms with E-state index in [9.17, 15) is 9.59 Å². The van der Waals surface area contributed by atoms with Crippen LogP contribution in [0.15, 0.2) is 48.5 Å². The second-order valence-electron chi connectivity index (χ2n) is 4.59. The molecule has 2 aromatic carbocycles. The van der Waals surface area contributed by atoms with E-state index in [2.05, 4.69) is 5.32 Å². The van der Waals surface area contributed by atoms with Gasteiger partial charge in [0.15, 0.2) is 5.78 Å². The van der Waals surface area contributed by atoms with Gasteiger partial charge in [-0.05, 0) is 37.3 Å². The molecule has 0 aliphatic heterocycles. The van der Waals surface area contributed by atoms with Gasteiger partial charge in [0.2, 0.25) is 5.91 Å². The lowest BCUT2D eigenvalue weighted by atomic mass is 10.1. The lowest BCUT2D eigenvalue weighted by molar-refractivity contribution is -0.111. The zero-order valence-corrected chi connectivity index (χ0v) is 13.3. The highest BCUT2D eigenvalue weighted by molar-refractivity contribution is 6.37. The third kappa shape index (κ3) is 4.20. The molecule has 1 N–H and O–H groups in total. The van der Waals surface area contributed by atoms with E-state index < -0.39 is 0 Å². The van der Waals surface area contributed by atoms with E-state index in [0.717, 1.165) is 0 Å². The predicted octanol–water partition coefficient (Wildman–Crippen LogP) is 4.85. The van der Waals surface area contributed by atoms with Crippen molar-refractivity contribution in [2.75, 3.05) is 5.32 Å². The van der Waals surface area contributed by atoms with Crippen LogP contribution in [0.25, 0.3) is 6.08 Å². The number of amides is 1. The Morgan fingerprint density at radius 1 is 1.05 bits per heavy atom. The quantitative estimate of drug-likeness (QED) is 0.642. The number of carbonyl (C=O) groups is 2. The Bertz CT molecular complexity index is 734. The maximum absolute atomic E-state index is 11.9. The molecule has 1 amide bonds. The molecule has 0 aliphatic carbocycles. The SMILES string of the molecule is CC(=O)c1cccc(NC(=O)C=Cc2c(Cl)cccc2Cl)c1. The third-order valence-corrected chi connectivity index (χ3v) is 3.60. The summed E-state index contributed by atoms with van der Waals surface area (Å²) >= 11 is 12.0. The molecule has 2 rings (SSSR count). The molecule has 0 bridgehead atoms. The van der Waals surface area contributed by atoms with Gasteiger partial charge >= 0.3 is 0 Å². The normalized spacial score (nSPS) is 10.7. The minimum absolute atomic E-state index is 0.0607. The van der Waals surface area contributed by atoms with Crippen LogP contribution in [0, 0.1) is 0 Å². The predicted molar refractivity (Wildman–Crippen MR) is 90.6 cm³/mol. The average molecular weight is 334 g/mol. The van der Waals surface area contributed by atoms with Crippen molar-refractivity contribution >= 4 is 46.7 Å². The van der Waals surface area contributed by atoms with E-state index in [1.54, 1.807) is 48.5 Å². The molecule has 0 fully saturated rings. The third-order valence-electron chi connectivity index (χ3n) is 2.94. The van der Waals surface area contributed by atoms with E-state index in [1.165, 1.54) is 13.0 Å². The molecule has 5 heteroatoms. The van der Waals surface area contributed by atoms with E-state index in [-0.39, 0.29) is 11.7 Å². The highest BCUT2D eigenvalue weighted by atomic mass is 35.5. The van der Waals surface area contributed by atoms with E-state index in [1.807, 2.05) is 0 Å². The van der Waals surface area contributed by atoms with Crippen LogP contribution < -0.4 is 5.32 Å². The van der Waals surface area contributed by atoms with E-state index >= 15 is 0 Å².